The normalized spacial score (nSPS) is 11.9. The van der Waals surface area contributed by atoms with Gasteiger partial charge < -0.3 is 10.3 Å². The highest BCUT2D eigenvalue weighted by atomic mass is 35.5. The largest absolute Gasteiger partial charge is 0.337 e. The molecule has 2 rings (SSSR count). The number of hydrogen-bond donors (Lipinski definition) is 1. The fourth-order valence-corrected chi connectivity index (χ4v) is 1.22. The Labute approximate surface area is 99.5 Å². The van der Waals surface area contributed by atoms with Gasteiger partial charge in [0.25, 0.3) is 0 Å². The molecule has 6 heteroatoms. The average Bonchev–Trinajstić information content (AvgIpc) is 2.66. The average molecular weight is 241 g/mol. The third-order valence-electron chi connectivity index (χ3n) is 1.99. The van der Waals surface area contributed by atoms with E-state index in [1.807, 2.05) is 19.1 Å². The Morgan fingerprint density at radius 3 is 2.75 bits per heavy atom. The fraction of sp³-hybridized carbons (Fsp3) is 0.300. The highest BCUT2D eigenvalue weighted by molar-refractivity contribution is 5.85. The summed E-state index contributed by atoms with van der Waals surface area (Å²) in [5.74, 6) is 0.993. The zero-order valence-corrected chi connectivity index (χ0v) is 9.86. The highest BCUT2D eigenvalue weighted by Gasteiger charge is 2.11. The molecule has 2 aromatic heterocycles. The van der Waals surface area contributed by atoms with E-state index in [0.717, 1.165) is 11.3 Å². The Morgan fingerprint density at radius 2 is 2.19 bits per heavy atom. The van der Waals surface area contributed by atoms with Gasteiger partial charge in [-0.3, -0.25) is 4.98 Å². The van der Waals surface area contributed by atoms with Crippen molar-refractivity contribution in [1.29, 1.82) is 0 Å². The van der Waals surface area contributed by atoms with E-state index >= 15 is 0 Å². The van der Waals surface area contributed by atoms with Gasteiger partial charge in [-0.1, -0.05) is 5.16 Å². The van der Waals surface area contributed by atoms with Gasteiger partial charge in [0.05, 0.1) is 6.04 Å². The lowest BCUT2D eigenvalue weighted by molar-refractivity contribution is 0.362. The molecule has 0 saturated carbocycles. The van der Waals surface area contributed by atoms with E-state index in [1.54, 1.807) is 13.1 Å². The first-order chi connectivity index (χ1) is 7.16. The summed E-state index contributed by atoms with van der Waals surface area (Å²) >= 11 is 0. The van der Waals surface area contributed by atoms with Crippen molar-refractivity contribution in [3.05, 3.63) is 29.9 Å². The van der Waals surface area contributed by atoms with Crippen LogP contribution < -0.4 is 5.73 Å². The molecule has 0 aliphatic rings. The van der Waals surface area contributed by atoms with Crippen molar-refractivity contribution in [3.8, 4) is 11.4 Å². The van der Waals surface area contributed by atoms with Gasteiger partial charge in [0.2, 0.25) is 11.7 Å². The third-order valence-corrected chi connectivity index (χ3v) is 1.99. The number of nitrogens with zero attached hydrogens (tertiary/aromatic N) is 3. The maximum Gasteiger partial charge on any atom is 0.243 e. The predicted octanol–water partition coefficient (Wildman–Crippen LogP) is 1.88. The van der Waals surface area contributed by atoms with Gasteiger partial charge in [-0.25, -0.2) is 0 Å². The van der Waals surface area contributed by atoms with Crippen LogP contribution in [-0.4, -0.2) is 15.1 Å². The van der Waals surface area contributed by atoms with E-state index in [2.05, 4.69) is 15.1 Å². The quantitative estimate of drug-likeness (QED) is 0.867. The summed E-state index contributed by atoms with van der Waals surface area (Å²) in [7, 11) is 0. The molecule has 0 aliphatic heterocycles. The van der Waals surface area contributed by atoms with Crippen molar-refractivity contribution >= 4 is 12.4 Å². The zero-order chi connectivity index (χ0) is 10.8. The van der Waals surface area contributed by atoms with Gasteiger partial charge >= 0.3 is 0 Å². The lowest BCUT2D eigenvalue weighted by Gasteiger charge is -1.95. The van der Waals surface area contributed by atoms with Crippen molar-refractivity contribution < 1.29 is 4.52 Å². The van der Waals surface area contributed by atoms with Crippen LogP contribution in [0.3, 0.4) is 0 Å². The van der Waals surface area contributed by atoms with E-state index in [0.29, 0.717) is 11.7 Å². The molecule has 0 fully saturated rings. The van der Waals surface area contributed by atoms with Crippen LogP contribution in [0.25, 0.3) is 11.4 Å². The molecular weight excluding hydrogens is 228 g/mol. The van der Waals surface area contributed by atoms with Crippen LogP contribution in [-0.2, 0) is 0 Å². The summed E-state index contributed by atoms with van der Waals surface area (Å²) in [6.07, 6.45) is 1.71. The van der Waals surface area contributed by atoms with Crippen LogP contribution >= 0.6 is 12.4 Å². The maximum atomic E-state index is 5.63. The molecular formula is C10H13ClN4O. The smallest absolute Gasteiger partial charge is 0.243 e. The Bertz CT molecular complexity index is 469. The van der Waals surface area contributed by atoms with E-state index in [1.165, 1.54) is 0 Å². The van der Waals surface area contributed by atoms with Gasteiger partial charge in [-0.2, -0.15) is 4.98 Å². The number of nitrogens with two attached hydrogens (primary N) is 1. The van der Waals surface area contributed by atoms with Gasteiger partial charge in [-0.05, 0) is 26.0 Å². The second-order valence-corrected chi connectivity index (χ2v) is 3.43. The molecule has 16 heavy (non-hydrogen) atoms. The van der Waals surface area contributed by atoms with Crippen LogP contribution in [0, 0.1) is 6.92 Å². The Hall–Kier alpha value is -1.46. The molecule has 0 radical (unpaired) electrons. The number of pyridine rings is 1. The molecule has 0 spiro atoms. The van der Waals surface area contributed by atoms with Crippen LogP contribution in [0.1, 0.15) is 24.6 Å². The second-order valence-electron chi connectivity index (χ2n) is 3.43. The molecule has 2 aromatic rings. The molecule has 1 atom stereocenters. The Morgan fingerprint density at radius 1 is 1.44 bits per heavy atom. The first-order valence-electron chi connectivity index (χ1n) is 4.69. The molecule has 0 amide bonds. The minimum absolute atomic E-state index is 0. The molecule has 0 aliphatic carbocycles. The second kappa shape index (κ2) is 5.05. The Kier molecular flexibility index (Phi) is 3.98. The molecule has 86 valence electrons. The van der Waals surface area contributed by atoms with E-state index in [9.17, 15) is 0 Å². The molecule has 0 bridgehead atoms. The number of hydrogen-bond acceptors (Lipinski definition) is 5. The van der Waals surface area contributed by atoms with E-state index in [4.69, 9.17) is 10.3 Å². The molecule has 1 unspecified atom stereocenters. The van der Waals surface area contributed by atoms with Crippen molar-refractivity contribution in [2.45, 2.75) is 19.9 Å². The molecule has 2 heterocycles. The van der Waals surface area contributed by atoms with Gasteiger partial charge in [0.1, 0.15) is 0 Å². The maximum absolute atomic E-state index is 5.63. The zero-order valence-electron chi connectivity index (χ0n) is 9.04. The van der Waals surface area contributed by atoms with Crippen LogP contribution in [0.5, 0.6) is 0 Å². The summed E-state index contributed by atoms with van der Waals surface area (Å²) in [5.41, 5.74) is 7.43. The molecule has 0 aromatic carbocycles. The minimum Gasteiger partial charge on any atom is -0.337 e. The van der Waals surface area contributed by atoms with Gasteiger partial charge in [0.15, 0.2) is 0 Å². The molecule has 5 nitrogen and oxygen atoms in total. The van der Waals surface area contributed by atoms with Gasteiger partial charge in [0, 0.05) is 17.5 Å². The van der Waals surface area contributed by atoms with Gasteiger partial charge in [-0.15, -0.1) is 12.4 Å². The third kappa shape index (κ3) is 2.56. The summed E-state index contributed by atoms with van der Waals surface area (Å²) in [4.78, 5) is 8.29. The summed E-state index contributed by atoms with van der Waals surface area (Å²) in [6, 6.07) is 3.49. The lowest BCUT2D eigenvalue weighted by atomic mass is 10.2. The van der Waals surface area contributed by atoms with Crippen LogP contribution in [0.4, 0.5) is 0 Å². The van der Waals surface area contributed by atoms with Crippen molar-refractivity contribution in [1.82, 2.24) is 15.1 Å². The number of aromatic nitrogens is 3. The SMILES string of the molecule is Cc1cc(-c2noc(C(C)N)n2)ccn1.Cl. The first-order valence-corrected chi connectivity index (χ1v) is 4.69. The topological polar surface area (TPSA) is 77.8 Å². The summed E-state index contributed by atoms with van der Waals surface area (Å²) in [6.45, 7) is 3.71. The predicted molar refractivity (Wildman–Crippen MR) is 62.1 cm³/mol. The van der Waals surface area contributed by atoms with Crippen LogP contribution in [0.15, 0.2) is 22.9 Å². The monoisotopic (exact) mass is 240 g/mol. The minimum atomic E-state index is -0.241. The lowest BCUT2D eigenvalue weighted by Crippen LogP contribution is -2.04. The molecule has 2 N–H and O–H groups in total. The summed E-state index contributed by atoms with van der Waals surface area (Å²) < 4.78 is 5.01. The van der Waals surface area contributed by atoms with E-state index < -0.39 is 0 Å². The van der Waals surface area contributed by atoms with Crippen molar-refractivity contribution in [2.75, 3.05) is 0 Å². The number of aryl methyl sites for hydroxylation is 1. The standard InChI is InChI=1S/C10H12N4O.ClH/c1-6-5-8(3-4-12-6)9-13-10(7(2)11)15-14-9;/h3-5,7H,11H2,1-2H3;1H. The van der Waals surface area contributed by atoms with E-state index in [-0.39, 0.29) is 18.4 Å². The first kappa shape index (κ1) is 12.6. The highest BCUT2D eigenvalue weighted by Crippen LogP contribution is 2.17. The van der Waals surface area contributed by atoms with Crippen molar-refractivity contribution in [2.24, 2.45) is 5.73 Å². The van der Waals surface area contributed by atoms with Crippen molar-refractivity contribution in [3.63, 3.8) is 0 Å². The summed E-state index contributed by atoms with van der Waals surface area (Å²) in [5, 5.41) is 3.85. The molecule has 0 saturated heterocycles. The fourth-order valence-electron chi connectivity index (χ4n) is 1.22. The number of halogens is 1. The Balaban J connectivity index is 0.00000128. The number of rotatable bonds is 2. The van der Waals surface area contributed by atoms with Crippen LogP contribution in [0.2, 0.25) is 0 Å².